The molecule has 6 heteroatoms. The maximum Gasteiger partial charge on any atom is 0.255 e. The van der Waals surface area contributed by atoms with E-state index >= 15 is 0 Å². The fourth-order valence-corrected chi connectivity index (χ4v) is 2.20. The molecule has 0 bridgehead atoms. The fraction of sp³-hybridized carbons (Fsp3) is 0.176. The van der Waals surface area contributed by atoms with E-state index in [-0.39, 0.29) is 5.91 Å². The molecule has 0 fully saturated rings. The Hall–Kier alpha value is -2.53. The molecule has 0 aliphatic heterocycles. The molecule has 0 spiro atoms. The van der Waals surface area contributed by atoms with Crippen molar-refractivity contribution < 1.29 is 9.63 Å². The monoisotopic (exact) mass is 331 g/mol. The Balaban J connectivity index is 2.19. The largest absolute Gasteiger partial charge is 0.399 e. The van der Waals surface area contributed by atoms with Crippen LogP contribution in [-0.4, -0.2) is 33.3 Å². The molecule has 0 radical (unpaired) electrons. The van der Waals surface area contributed by atoms with Crippen LogP contribution in [0, 0.1) is 0 Å². The van der Waals surface area contributed by atoms with Crippen molar-refractivity contribution in [3.63, 3.8) is 0 Å². The highest BCUT2D eigenvalue weighted by molar-refractivity contribution is 6.31. The molecule has 0 saturated carbocycles. The minimum atomic E-state index is -0.203. The lowest BCUT2D eigenvalue weighted by atomic mass is 10.1. The van der Waals surface area contributed by atoms with E-state index in [4.69, 9.17) is 11.6 Å². The van der Waals surface area contributed by atoms with E-state index in [1.54, 1.807) is 42.6 Å². The van der Waals surface area contributed by atoms with E-state index in [0.29, 0.717) is 16.3 Å². The second-order valence-corrected chi connectivity index (χ2v) is 5.49. The normalized spacial score (nSPS) is 10.6. The topological polar surface area (TPSA) is 53.9 Å². The minimum absolute atomic E-state index is 0.203. The number of anilines is 2. The zero-order valence-corrected chi connectivity index (χ0v) is 14.0. The molecule has 0 aromatic heterocycles. The number of nitrogens with zero attached hydrogens (tertiary/aromatic N) is 2. The van der Waals surface area contributed by atoms with Crippen LogP contribution in [0.15, 0.2) is 47.6 Å². The molecule has 120 valence electrons. The molecule has 0 saturated heterocycles. The van der Waals surface area contributed by atoms with Gasteiger partial charge in [-0.1, -0.05) is 28.9 Å². The fourth-order valence-electron chi connectivity index (χ4n) is 2.03. The Bertz CT molecular complexity index is 712. The molecule has 0 aliphatic rings. The van der Waals surface area contributed by atoms with Crippen molar-refractivity contribution >= 4 is 35.1 Å². The number of halogens is 1. The average Bonchev–Trinajstić information content (AvgIpc) is 2.53. The molecule has 2 rings (SSSR count). The molecule has 2 aromatic rings. The second kappa shape index (κ2) is 7.65. The number of rotatable bonds is 5. The van der Waals surface area contributed by atoms with Crippen LogP contribution in [0.5, 0.6) is 0 Å². The van der Waals surface area contributed by atoms with E-state index < -0.39 is 0 Å². The first kappa shape index (κ1) is 16.8. The number of hydrogen-bond acceptors (Lipinski definition) is 4. The third kappa shape index (κ3) is 4.47. The van der Waals surface area contributed by atoms with Gasteiger partial charge in [0.25, 0.3) is 5.91 Å². The van der Waals surface area contributed by atoms with E-state index in [1.165, 1.54) is 7.11 Å². The van der Waals surface area contributed by atoms with Gasteiger partial charge >= 0.3 is 0 Å². The van der Waals surface area contributed by atoms with E-state index in [1.807, 2.05) is 25.1 Å². The van der Waals surface area contributed by atoms with Crippen molar-refractivity contribution in [2.24, 2.45) is 5.16 Å². The van der Waals surface area contributed by atoms with Gasteiger partial charge in [0.1, 0.15) is 7.11 Å². The molecule has 0 aliphatic carbocycles. The summed E-state index contributed by atoms with van der Waals surface area (Å²) in [5, 5.41) is 7.13. The van der Waals surface area contributed by atoms with Crippen molar-refractivity contribution in [2.45, 2.75) is 0 Å². The Morgan fingerprint density at radius 3 is 2.52 bits per heavy atom. The van der Waals surface area contributed by atoms with E-state index in [9.17, 15) is 4.79 Å². The molecule has 23 heavy (non-hydrogen) atoms. The van der Waals surface area contributed by atoms with Gasteiger partial charge in [-0.25, -0.2) is 0 Å². The third-order valence-electron chi connectivity index (χ3n) is 3.17. The second-order valence-electron chi connectivity index (χ2n) is 5.05. The van der Waals surface area contributed by atoms with Gasteiger partial charge in [-0.15, -0.1) is 0 Å². The Labute approximate surface area is 140 Å². The number of carbonyl (C=O) groups excluding carboxylic acids is 1. The van der Waals surface area contributed by atoms with Gasteiger partial charge in [-0.3, -0.25) is 4.79 Å². The van der Waals surface area contributed by atoms with Crippen molar-refractivity contribution in [1.82, 2.24) is 0 Å². The molecule has 0 atom stereocenters. The maximum absolute atomic E-state index is 12.4. The zero-order chi connectivity index (χ0) is 16.8. The molecule has 1 N–H and O–H groups in total. The first-order chi connectivity index (χ1) is 11.0. The van der Waals surface area contributed by atoms with Crippen molar-refractivity contribution in [2.75, 3.05) is 31.4 Å². The summed E-state index contributed by atoms with van der Waals surface area (Å²) in [6.07, 6.45) is 1.57. The van der Waals surface area contributed by atoms with Crippen LogP contribution in [0.3, 0.4) is 0 Å². The summed E-state index contributed by atoms with van der Waals surface area (Å²) in [7, 11) is 5.29. The summed E-state index contributed by atoms with van der Waals surface area (Å²) in [4.78, 5) is 18.9. The predicted octanol–water partition coefficient (Wildman–Crippen LogP) is 3.64. The minimum Gasteiger partial charge on any atom is -0.399 e. The lowest BCUT2D eigenvalue weighted by Gasteiger charge is -2.18. The van der Waals surface area contributed by atoms with Crippen molar-refractivity contribution in [1.29, 1.82) is 0 Å². The van der Waals surface area contributed by atoms with Crippen LogP contribution in [0.1, 0.15) is 15.9 Å². The summed E-state index contributed by atoms with van der Waals surface area (Å²) in [5.74, 6) is -0.203. The average molecular weight is 332 g/mol. The summed E-state index contributed by atoms with van der Waals surface area (Å²) in [5.41, 5.74) is 2.94. The summed E-state index contributed by atoms with van der Waals surface area (Å²) in [6, 6.07) is 12.4. The first-order valence-electron chi connectivity index (χ1n) is 6.96. The molecule has 0 unspecified atom stereocenters. The third-order valence-corrected chi connectivity index (χ3v) is 3.40. The Kier molecular flexibility index (Phi) is 5.60. The van der Waals surface area contributed by atoms with Crippen LogP contribution < -0.4 is 10.2 Å². The standard InChI is InChI=1S/C17H18ClN3O2/c1-21(2)16-9-8-14(18)10-15(16)20-17(22)13-6-4-12(5-7-13)11-19-23-3/h4-11H,1-3H3,(H,20,22)/b19-11+. The number of amides is 1. The molecule has 5 nitrogen and oxygen atoms in total. The highest BCUT2D eigenvalue weighted by Gasteiger charge is 2.11. The van der Waals surface area contributed by atoms with Gasteiger partial charge in [0, 0.05) is 24.7 Å². The number of oxime groups is 1. The Morgan fingerprint density at radius 1 is 1.22 bits per heavy atom. The summed E-state index contributed by atoms with van der Waals surface area (Å²) >= 11 is 6.02. The quantitative estimate of drug-likeness (QED) is 0.672. The molecule has 0 heterocycles. The number of benzene rings is 2. The number of hydrogen-bond donors (Lipinski definition) is 1. The van der Waals surface area contributed by atoms with Crippen LogP contribution in [0.2, 0.25) is 5.02 Å². The van der Waals surface area contributed by atoms with Crippen molar-refractivity contribution in [3.05, 3.63) is 58.6 Å². The van der Waals surface area contributed by atoms with Gasteiger partial charge < -0.3 is 15.1 Å². The van der Waals surface area contributed by atoms with E-state index in [0.717, 1.165) is 11.3 Å². The number of carbonyl (C=O) groups is 1. The Morgan fingerprint density at radius 2 is 1.91 bits per heavy atom. The maximum atomic E-state index is 12.4. The lowest BCUT2D eigenvalue weighted by Crippen LogP contribution is -2.16. The van der Waals surface area contributed by atoms with Gasteiger partial charge in [0.2, 0.25) is 0 Å². The highest BCUT2D eigenvalue weighted by atomic mass is 35.5. The van der Waals surface area contributed by atoms with Gasteiger partial charge in [-0.2, -0.15) is 0 Å². The molecule has 1 amide bonds. The summed E-state index contributed by atoms with van der Waals surface area (Å²) < 4.78 is 0. The van der Waals surface area contributed by atoms with Crippen LogP contribution in [-0.2, 0) is 4.84 Å². The lowest BCUT2D eigenvalue weighted by molar-refractivity contribution is 0.102. The van der Waals surface area contributed by atoms with Gasteiger partial charge in [-0.05, 0) is 35.9 Å². The highest BCUT2D eigenvalue weighted by Crippen LogP contribution is 2.28. The van der Waals surface area contributed by atoms with Gasteiger partial charge in [0.15, 0.2) is 0 Å². The zero-order valence-electron chi connectivity index (χ0n) is 13.2. The smallest absolute Gasteiger partial charge is 0.255 e. The SMILES string of the molecule is CO/N=C/c1ccc(C(=O)Nc2cc(Cl)ccc2N(C)C)cc1. The van der Waals surface area contributed by atoms with Crippen LogP contribution >= 0.6 is 11.6 Å². The summed E-state index contributed by atoms with van der Waals surface area (Å²) in [6.45, 7) is 0. The molecule has 2 aromatic carbocycles. The molecular weight excluding hydrogens is 314 g/mol. The van der Waals surface area contributed by atoms with Crippen molar-refractivity contribution in [3.8, 4) is 0 Å². The first-order valence-corrected chi connectivity index (χ1v) is 7.34. The van der Waals surface area contributed by atoms with Crippen LogP contribution in [0.25, 0.3) is 0 Å². The molecular formula is C17H18ClN3O2. The van der Waals surface area contributed by atoms with E-state index in [2.05, 4.69) is 15.3 Å². The van der Waals surface area contributed by atoms with Gasteiger partial charge in [0.05, 0.1) is 17.6 Å². The van der Waals surface area contributed by atoms with Crippen LogP contribution in [0.4, 0.5) is 11.4 Å². The number of nitrogens with one attached hydrogen (secondary N) is 1. The predicted molar refractivity (Wildman–Crippen MR) is 94.8 cm³/mol.